The first-order valence-corrected chi connectivity index (χ1v) is 4.50. The summed E-state index contributed by atoms with van der Waals surface area (Å²) in [5.41, 5.74) is 0. The molecule has 1 heterocycles. The summed E-state index contributed by atoms with van der Waals surface area (Å²) in [6, 6.07) is 0. The van der Waals surface area contributed by atoms with Crippen molar-refractivity contribution in [3.8, 4) is 0 Å². The Morgan fingerprint density at radius 3 is 3.00 bits per heavy atom. The van der Waals surface area contributed by atoms with Crippen LogP contribution in [-0.4, -0.2) is 25.8 Å². The van der Waals surface area contributed by atoms with Crippen molar-refractivity contribution in [3.63, 3.8) is 0 Å². The molecule has 0 bridgehead atoms. The van der Waals surface area contributed by atoms with Crippen LogP contribution in [0.2, 0.25) is 0 Å². The summed E-state index contributed by atoms with van der Waals surface area (Å²) < 4.78 is 10.2. The van der Waals surface area contributed by atoms with Crippen molar-refractivity contribution < 1.29 is 14.3 Å². The molecule has 12 heavy (non-hydrogen) atoms. The lowest BCUT2D eigenvalue weighted by Crippen LogP contribution is -2.33. The Kier molecular flexibility index (Phi) is 3.53. The van der Waals surface area contributed by atoms with Crippen LogP contribution in [0.3, 0.4) is 0 Å². The lowest BCUT2D eigenvalue weighted by molar-refractivity contribution is -0.155. The third-order valence-electron chi connectivity index (χ3n) is 2.29. The Balaban J connectivity index is 2.42. The van der Waals surface area contributed by atoms with Crippen molar-refractivity contribution in [1.82, 2.24) is 0 Å². The molecule has 1 saturated heterocycles. The van der Waals surface area contributed by atoms with Gasteiger partial charge in [-0.25, -0.2) is 0 Å². The minimum absolute atomic E-state index is 0.0429. The van der Waals surface area contributed by atoms with Gasteiger partial charge in [0.05, 0.1) is 19.1 Å². The zero-order valence-corrected chi connectivity index (χ0v) is 7.71. The number of rotatable bonds is 2. The Morgan fingerprint density at radius 2 is 2.42 bits per heavy atom. The van der Waals surface area contributed by atoms with Gasteiger partial charge in [-0.3, -0.25) is 4.79 Å². The molecule has 0 amide bonds. The molecule has 0 aromatic heterocycles. The fourth-order valence-corrected chi connectivity index (χ4v) is 1.39. The highest BCUT2D eigenvalue weighted by atomic mass is 16.5. The van der Waals surface area contributed by atoms with E-state index in [-0.39, 0.29) is 11.9 Å². The zero-order chi connectivity index (χ0) is 8.97. The van der Waals surface area contributed by atoms with Gasteiger partial charge in [-0.1, -0.05) is 6.92 Å². The number of hydrogen-bond acceptors (Lipinski definition) is 3. The van der Waals surface area contributed by atoms with Gasteiger partial charge in [-0.05, 0) is 19.3 Å². The molecular formula is C9H16O3. The molecule has 3 heteroatoms. The van der Waals surface area contributed by atoms with E-state index in [0.717, 1.165) is 13.0 Å². The summed E-state index contributed by atoms with van der Waals surface area (Å²) >= 11 is 0. The van der Waals surface area contributed by atoms with Crippen molar-refractivity contribution in [2.45, 2.75) is 20.3 Å². The van der Waals surface area contributed by atoms with Crippen LogP contribution in [0.25, 0.3) is 0 Å². The summed E-state index contributed by atoms with van der Waals surface area (Å²) in [4.78, 5) is 11.3. The topological polar surface area (TPSA) is 35.5 Å². The molecule has 2 unspecified atom stereocenters. The molecule has 2 atom stereocenters. The summed E-state index contributed by atoms with van der Waals surface area (Å²) in [5.74, 6) is 0.251. The molecule has 1 aliphatic rings. The van der Waals surface area contributed by atoms with Crippen molar-refractivity contribution in [2.24, 2.45) is 11.8 Å². The van der Waals surface area contributed by atoms with Crippen LogP contribution in [0.15, 0.2) is 0 Å². The minimum atomic E-state index is -0.107. The Labute approximate surface area is 73.0 Å². The van der Waals surface area contributed by atoms with Crippen LogP contribution in [0.1, 0.15) is 20.3 Å². The molecule has 0 spiro atoms. The van der Waals surface area contributed by atoms with E-state index in [1.165, 1.54) is 0 Å². The van der Waals surface area contributed by atoms with Crippen molar-refractivity contribution in [3.05, 3.63) is 0 Å². The molecule has 1 rings (SSSR count). The first-order chi connectivity index (χ1) is 5.75. The largest absolute Gasteiger partial charge is 0.466 e. The molecule has 3 nitrogen and oxygen atoms in total. The molecule has 1 fully saturated rings. The van der Waals surface area contributed by atoms with E-state index in [1.807, 2.05) is 6.92 Å². The van der Waals surface area contributed by atoms with Crippen molar-refractivity contribution in [1.29, 1.82) is 0 Å². The Bertz CT molecular complexity index is 156. The lowest BCUT2D eigenvalue weighted by Gasteiger charge is -2.26. The second-order valence-corrected chi connectivity index (χ2v) is 3.20. The van der Waals surface area contributed by atoms with Crippen LogP contribution in [0.4, 0.5) is 0 Å². The third kappa shape index (κ3) is 2.21. The first-order valence-electron chi connectivity index (χ1n) is 4.50. The number of carbonyl (C=O) groups is 1. The molecule has 0 radical (unpaired) electrons. The number of ether oxygens (including phenoxy) is 2. The summed E-state index contributed by atoms with van der Waals surface area (Å²) in [6.07, 6.45) is 0.962. The van der Waals surface area contributed by atoms with Crippen LogP contribution in [0.5, 0.6) is 0 Å². The third-order valence-corrected chi connectivity index (χ3v) is 2.29. The molecule has 0 aromatic rings. The lowest BCUT2D eigenvalue weighted by atomic mass is 9.90. The van der Waals surface area contributed by atoms with Gasteiger partial charge in [-0.2, -0.15) is 0 Å². The maximum Gasteiger partial charge on any atom is 0.311 e. The standard InChI is InChI=1S/C9H16O3/c1-3-12-9(10)8-6-11-5-4-7(8)2/h7-8H,3-6H2,1-2H3. The Morgan fingerprint density at radius 1 is 1.67 bits per heavy atom. The van der Waals surface area contributed by atoms with Gasteiger partial charge in [0.25, 0.3) is 0 Å². The van der Waals surface area contributed by atoms with Gasteiger partial charge < -0.3 is 9.47 Å². The normalized spacial score (nSPS) is 29.8. The number of carbonyl (C=O) groups excluding carboxylic acids is 1. The fourth-order valence-electron chi connectivity index (χ4n) is 1.39. The molecule has 1 aliphatic heterocycles. The van der Waals surface area contributed by atoms with Crippen LogP contribution < -0.4 is 0 Å². The van der Waals surface area contributed by atoms with Crippen molar-refractivity contribution >= 4 is 5.97 Å². The van der Waals surface area contributed by atoms with Gasteiger partial charge in [-0.15, -0.1) is 0 Å². The summed E-state index contributed by atoms with van der Waals surface area (Å²) in [6.45, 7) is 5.66. The van der Waals surface area contributed by atoms with E-state index >= 15 is 0 Å². The average molecular weight is 172 g/mol. The number of hydrogen-bond donors (Lipinski definition) is 0. The van der Waals surface area contributed by atoms with E-state index in [0.29, 0.717) is 19.1 Å². The molecule has 0 saturated carbocycles. The predicted molar refractivity (Wildman–Crippen MR) is 44.7 cm³/mol. The van der Waals surface area contributed by atoms with Crippen LogP contribution in [-0.2, 0) is 14.3 Å². The van der Waals surface area contributed by atoms with Crippen LogP contribution in [0, 0.1) is 11.8 Å². The first kappa shape index (κ1) is 9.52. The minimum Gasteiger partial charge on any atom is -0.466 e. The smallest absolute Gasteiger partial charge is 0.311 e. The van der Waals surface area contributed by atoms with Gasteiger partial charge >= 0.3 is 5.97 Å². The highest BCUT2D eigenvalue weighted by Crippen LogP contribution is 2.22. The molecule has 0 N–H and O–H groups in total. The monoisotopic (exact) mass is 172 g/mol. The second kappa shape index (κ2) is 4.45. The molecule has 70 valence electrons. The van der Waals surface area contributed by atoms with Gasteiger partial charge in [0, 0.05) is 6.61 Å². The van der Waals surface area contributed by atoms with E-state index in [4.69, 9.17) is 9.47 Å². The molecule has 0 aliphatic carbocycles. The maximum atomic E-state index is 11.3. The number of esters is 1. The van der Waals surface area contributed by atoms with E-state index < -0.39 is 0 Å². The van der Waals surface area contributed by atoms with Crippen molar-refractivity contribution in [2.75, 3.05) is 19.8 Å². The van der Waals surface area contributed by atoms with Gasteiger partial charge in [0.2, 0.25) is 0 Å². The maximum absolute atomic E-state index is 11.3. The highest BCUT2D eigenvalue weighted by molar-refractivity contribution is 5.73. The summed E-state index contributed by atoms with van der Waals surface area (Å²) in [7, 11) is 0. The SMILES string of the molecule is CCOC(=O)C1COCCC1C. The molecular weight excluding hydrogens is 156 g/mol. The van der Waals surface area contributed by atoms with Crippen LogP contribution >= 0.6 is 0 Å². The van der Waals surface area contributed by atoms with E-state index in [9.17, 15) is 4.79 Å². The predicted octanol–water partition coefficient (Wildman–Crippen LogP) is 1.22. The Hall–Kier alpha value is -0.570. The molecule has 0 aromatic carbocycles. The zero-order valence-electron chi connectivity index (χ0n) is 7.71. The van der Waals surface area contributed by atoms with Gasteiger partial charge in [0.1, 0.15) is 0 Å². The fraction of sp³-hybridized carbons (Fsp3) is 0.889. The average Bonchev–Trinajstić information content (AvgIpc) is 2.05. The quantitative estimate of drug-likeness (QED) is 0.587. The second-order valence-electron chi connectivity index (χ2n) is 3.20. The summed E-state index contributed by atoms with van der Waals surface area (Å²) in [5, 5.41) is 0. The van der Waals surface area contributed by atoms with E-state index in [2.05, 4.69) is 6.92 Å². The highest BCUT2D eigenvalue weighted by Gasteiger charge is 2.29. The van der Waals surface area contributed by atoms with E-state index in [1.54, 1.807) is 0 Å². The van der Waals surface area contributed by atoms with Gasteiger partial charge in [0.15, 0.2) is 0 Å².